The average Bonchev–Trinajstić information content (AvgIpc) is 1.86. The third kappa shape index (κ3) is 1.96. The van der Waals surface area contributed by atoms with Crippen LogP contribution in [0.3, 0.4) is 0 Å². The summed E-state index contributed by atoms with van der Waals surface area (Å²) in [6.45, 7) is 0. The number of rotatable bonds is 0. The van der Waals surface area contributed by atoms with Crippen LogP contribution in [0, 0.1) is 5.92 Å². The fourth-order valence-corrected chi connectivity index (χ4v) is 1.21. The first-order valence-electron chi connectivity index (χ1n) is 3.49. The number of alkyl halides is 3. The molecule has 0 amide bonds. The fourth-order valence-electron chi connectivity index (χ4n) is 1.21. The van der Waals surface area contributed by atoms with Gasteiger partial charge in [-0.25, -0.2) is 0 Å². The second-order valence-corrected chi connectivity index (χ2v) is 2.75. The van der Waals surface area contributed by atoms with E-state index in [4.69, 9.17) is 5.73 Å². The minimum absolute atomic E-state index is 0.0324. The zero-order valence-electron chi connectivity index (χ0n) is 5.93. The molecule has 2 atom stereocenters. The third-order valence-electron chi connectivity index (χ3n) is 1.90. The monoisotopic (exact) mass is 165 g/mol. The van der Waals surface area contributed by atoms with Crippen LogP contribution in [0.15, 0.2) is 12.2 Å². The van der Waals surface area contributed by atoms with E-state index in [0.717, 1.165) is 0 Å². The molecule has 0 aromatic heterocycles. The molecule has 0 saturated carbocycles. The van der Waals surface area contributed by atoms with Gasteiger partial charge in [0, 0.05) is 6.04 Å². The SMILES string of the molecule is N[C@H]1CC=CC[C@H]1C(F)(F)F. The van der Waals surface area contributed by atoms with E-state index in [9.17, 15) is 13.2 Å². The lowest BCUT2D eigenvalue weighted by Gasteiger charge is -2.26. The van der Waals surface area contributed by atoms with E-state index in [0.29, 0.717) is 6.42 Å². The summed E-state index contributed by atoms with van der Waals surface area (Å²) in [5, 5.41) is 0. The highest BCUT2D eigenvalue weighted by Gasteiger charge is 2.42. The number of halogens is 3. The molecule has 0 bridgehead atoms. The molecule has 11 heavy (non-hydrogen) atoms. The van der Waals surface area contributed by atoms with Crippen LogP contribution < -0.4 is 5.73 Å². The average molecular weight is 165 g/mol. The van der Waals surface area contributed by atoms with Crippen LogP contribution in [0.5, 0.6) is 0 Å². The van der Waals surface area contributed by atoms with Crippen LogP contribution in [0.25, 0.3) is 0 Å². The Balaban J connectivity index is 2.64. The number of hydrogen-bond donors (Lipinski definition) is 1. The van der Waals surface area contributed by atoms with Crippen molar-refractivity contribution in [2.75, 3.05) is 0 Å². The van der Waals surface area contributed by atoms with Gasteiger partial charge in [0.05, 0.1) is 5.92 Å². The third-order valence-corrected chi connectivity index (χ3v) is 1.90. The maximum Gasteiger partial charge on any atom is 0.393 e. The van der Waals surface area contributed by atoms with Gasteiger partial charge in [0.25, 0.3) is 0 Å². The minimum Gasteiger partial charge on any atom is -0.327 e. The van der Waals surface area contributed by atoms with Gasteiger partial charge in [-0.2, -0.15) is 13.2 Å². The Kier molecular flexibility index (Phi) is 2.23. The summed E-state index contributed by atoms with van der Waals surface area (Å²) in [5.41, 5.74) is 5.29. The first kappa shape index (κ1) is 8.59. The highest BCUT2D eigenvalue weighted by molar-refractivity contribution is 4.98. The lowest BCUT2D eigenvalue weighted by atomic mass is 9.89. The fraction of sp³-hybridized carbons (Fsp3) is 0.714. The highest BCUT2D eigenvalue weighted by Crippen LogP contribution is 2.34. The number of hydrogen-bond acceptors (Lipinski definition) is 1. The maximum atomic E-state index is 12.1. The van der Waals surface area contributed by atoms with E-state index >= 15 is 0 Å². The van der Waals surface area contributed by atoms with E-state index in [1.807, 2.05) is 0 Å². The summed E-state index contributed by atoms with van der Waals surface area (Å²) in [7, 11) is 0. The zero-order valence-corrected chi connectivity index (χ0v) is 5.93. The molecule has 1 aliphatic rings. The van der Waals surface area contributed by atoms with Crippen molar-refractivity contribution in [1.29, 1.82) is 0 Å². The minimum atomic E-state index is -4.13. The molecule has 4 heteroatoms. The smallest absolute Gasteiger partial charge is 0.327 e. The van der Waals surface area contributed by atoms with Gasteiger partial charge in [-0.15, -0.1) is 0 Å². The Morgan fingerprint density at radius 3 is 2.09 bits per heavy atom. The summed E-state index contributed by atoms with van der Waals surface area (Å²) in [4.78, 5) is 0. The number of allylic oxidation sites excluding steroid dienone is 1. The molecule has 0 unspecified atom stereocenters. The summed E-state index contributed by atoms with van der Waals surface area (Å²) >= 11 is 0. The van der Waals surface area contributed by atoms with E-state index in [1.165, 1.54) is 0 Å². The first-order chi connectivity index (χ1) is 5.02. The predicted molar refractivity (Wildman–Crippen MR) is 35.9 cm³/mol. The van der Waals surface area contributed by atoms with Crippen molar-refractivity contribution in [3.8, 4) is 0 Å². The molecule has 64 valence electrons. The van der Waals surface area contributed by atoms with Gasteiger partial charge in [0.15, 0.2) is 0 Å². The van der Waals surface area contributed by atoms with Crippen molar-refractivity contribution >= 4 is 0 Å². The highest BCUT2D eigenvalue weighted by atomic mass is 19.4. The molecule has 1 aliphatic carbocycles. The van der Waals surface area contributed by atoms with Crippen LogP contribution in [0.1, 0.15) is 12.8 Å². The largest absolute Gasteiger partial charge is 0.393 e. The summed E-state index contributed by atoms with van der Waals surface area (Å²) in [5.74, 6) is -1.34. The standard InChI is InChI=1S/C7H10F3N/c8-7(9,10)5-3-1-2-4-6(5)11/h1-2,5-6H,3-4,11H2/t5-,6+/m1/s1. The number of nitrogens with two attached hydrogens (primary N) is 1. The van der Waals surface area contributed by atoms with Crippen molar-refractivity contribution < 1.29 is 13.2 Å². The summed E-state index contributed by atoms with van der Waals surface area (Å²) in [6.07, 6.45) is -0.520. The molecule has 2 N–H and O–H groups in total. The van der Waals surface area contributed by atoms with Crippen molar-refractivity contribution in [3.05, 3.63) is 12.2 Å². The molecule has 1 nitrogen and oxygen atoms in total. The molecule has 0 aliphatic heterocycles. The van der Waals surface area contributed by atoms with E-state index in [2.05, 4.69) is 0 Å². The quantitative estimate of drug-likeness (QED) is 0.544. The Bertz CT molecular complexity index is 162. The van der Waals surface area contributed by atoms with Crippen molar-refractivity contribution in [1.82, 2.24) is 0 Å². The van der Waals surface area contributed by atoms with Gasteiger partial charge in [-0.05, 0) is 12.8 Å². The van der Waals surface area contributed by atoms with E-state index < -0.39 is 18.1 Å². The van der Waals surface area contributed by atoms with Gasteiger partial charge < -0.3 is 5.73 Å². The molecular formula is C7H10F3N. The molecule has 0 saturated heterocycles. The first-order valence-corrected chi connectivity index (χ1v) is 3.49. The van der Waals surface area contributed by atoms with E-state index in [-0.39, 0.29) is 6.42 Å². The molecule has 0 aromatic rings. The predicted octanol–water partition coefficient (Wildman–Crippen LogP) is 1.84. The van der Waals surface area contributed by atoms with Gasteiger partial charge in [-0.1, -0.05) is 12.2 Å². The lowest BCUT2D eigenvalue weighted by molar-refractivity contribution is -0.179. The Morgan fingerprint density at radius 1 is 1.18 bits per heavy atom. The summed E-state index contributed by atoms with van der Waals surface area (Å²) < 4.78 is 36.2. The molecule has 0 spiro atoms. The van der Waals surface area contributed by atoms with Gasteiger partial charge in [0.2, 0.25) is 0 Å². The Morgan fingerprint density at radius 2 is 1.73 bits per heavy atom. The topological polar surface area (TPSA) is 26.0 Å². The summed E-state index contributed by atoms with van der Waals surface area (Å²) in [6, 6.07) is -0.750. The van der Waals surface area contributed by atoms with Gasteiger partial charge in [-0.3, -0.25) is 0 Å². The lowest BCUT2D eigenvalue weighted by Crippen LogP contribution is -2.40. The Labute approximate surface area is 63.1 Å². The van der Waals surface area contributed by atoms with Crippen LogP contribution >= 0.6 is 0 Å². The zero-order chi connectivity index (χ0) is 8.48. The molecule has 1 rings (SSSR count). The molecule has 0 radical (unpaired) electrons. The van der Waals surface area contributed by atoms with Gasteiger partial charge >= 0.3 is 6.18 Å². The van der Waals surface area contributed by atoms with E-state index in [1.54, 1.807) is 12.2 Å². The molecular weight excluding hydrogens is 155 g/mol. The second kappa shape index (κ2) is 2.85. The van der Waals surface area contributed by atoms with Gasteiger partial charge in [0.1, 0.15) is 0 Å². The van der Waals surface area contributed by atoms with Crippen molar-refractivity contribution in [3.63, 3.8) is 0 Å². The normalized spacial score (nSPS) is 32.4. The second-order valence-electron chi connectivity index (χ2n) is 2.75. The van der Waals surface area contributed by atoms with Crippen molar-refractivity contribution in [2.45, 2.75) is 25.1 Å². The van der Waals surface area contributed by atoms with Crippen LogP contribution in [0.2, 0.25) is 0 Å². The maximum absolute atomic E-state index is 12.1. The van der Waals surface area contributed by atoms with Crippen LogP contribution in [-0.2, 0) is 0 Å². The van der Waals surface area contributed by atoms with Crippen LogP contribution in [-0.4, -0.2) is 12.2 Å². The van der Waals surface area contributed by atoms with Crippen molar-refractivity contribution in [2.24, 2.45) is 11.7 Å². The Hall–Kier alpha value is -0.510. The van der Waals surface area contributed by atoms with Crippen LogP contribution in [0.4, 0.5) is 13.2 Å². The molecule has 0 aromatic carbocycles. The molecule has 0 fully saturated rings. The molecule has 0 heterocycles.